The first-order valence-electron chi connectivity index (χ1n) is 25.2. The highest BCUT2D eigenvalue weighted by molar-refractivity contribution is 5.72. The van der Waals surface area contributed by atoms with Crippen LogP contribution in [0.4, 0.5) is 0 Å². The molecule has 6 heteroatoms. The minimum absolute atomic E-state index is 0.0861. The van der Waals surface area contributed by atoms with Crippen molar-refractivity contribution in [3.8, 4) is 0 Å². The molecule has 0 rings (SSSR count). The van der Waals surface area contributed by atoms with Gasteiger partial charge in [-0.05, 0) is 96.3 Å². The van der Waals surface area contributed by atoms with Gasteiger partial charge < -0.3 is 14.2 Å². The predicted molar refractivity (Wildman–Crippen MR) is 274 cm³/mol. The fourth-order valence-electron chi connectivity index (χ4n) is 6.22. The van der Waals surface area contributed by atoms with E-state index in [1.54, 1.807) is 6.08 Å². The number of unbranched alkanes of at least 4 members (excludes halogenated alkanes) is 11. The zero-order valence-corrected chi connectivity index (χ0v) is 40.7. The molecular weight excluding hydrogens is 793 g/mol. The zero-order valence-electron chi connectivity index (χ0n) is 40.7. The van der Waals surface area contributed by atoms with Crippen LogP contribution in [0.5, 0.6) is 0 Å². The molecule has 0 aromatic rings. The smallest absolute Gasteiger partial charge is 0.310 e. The lowest BCUT2D eigenvalue weighted by molar-refractivity contribution is -0.166. The standard InChI is InChI=1S/C58H90O6/c1-4-7-10-13-16-19-21-23-25-26-27-28-29-30-31-32-34-35-37-39-42-45-48-51-57(60)63-54-55(53-62-56(59)50-47-44-41-18-15-12-9-6-3)64-58(61)52-49-46-43-40-38-36-33-24-22-20-17-14-11-8-5-2/h7-8,10-11,16-17,19-20,23-25,27-28,30-31,33-35,38,40,46,49,55H,4-6,9,12-15,18,21-22,26,29,32,36-37,39,41-45,47-48,50-54H2,1-3H3/b10-7-,11-8-,19-16-,20-17-,25-23-,28-27-,31-30-,33-24-,35-34-,40-38-,49-46-. The SMILES string of the molecule is CC/C=C\C/C=C\C/C=C\C/C=C\C/C=C\C/C=C\CCCCCCC(=O)OCC(COC(=O)CCCCCCCCCC)OC(=O)C/C=C\C/C=C\C/C=C\C/C=C\C/C=C\CC. The van der Waals surface area contributed by atoms with Gasteiger partial charge in [0, 0.05) is 12.8 Å². The van der Waals surface area contributed by atoms with Crippen LogP contribution in [0.3, 0.4) is 0 Å². The Kier molecular flexibility index (Phi) is 47.6. The molecule has 1 atom stereocenters. The van der Waals surface area contributed by atoms with Crippen LogP contribution in [0.25, 0.3) is 0 Å². The molecule has 0 aromatic carbocycles. The van der Waals surface area contributed by atoms with Gasteiger partial charge in [-0.2, -0.15) is 0 Å². The average molecular weight is 883 g/mol. The maximum atomic E-state index is 12.7. The first-order chi connectivity index (χ1) is 31.5. The fraction of sp³-hybridized carbons (Fsp3) is 0.569. The van der Waals surface area contributed by atoms with Gasteiger partial charge >= 0.3 is 17.9 Å². The molecule has 6 nitrogen and oxygen atoms in total. The molecule has 1 unspecified atom stereocenters. The van der Waals surface area contributed by atoms with E-state index in [4.69, 9.17) is 14.2 Å². The highest BCUT2D eigenvalue weighted by atomic mass is 16.6. The number of rotatable bonds is 43. The molecule has 0 aliphatic heterocycles. The van der Waals surface area contributed by atoms with Crippen LogP contribution in [0.2, 0.25) is 0 Å². The van der Waals surface area contributed by atoms with E-state index in [2.05, 4.69) is 142 Å². The second-order valence-electron chi connectivity index (χ2n) is 16.0. The summed E-state index contributed by atoms with van der Waals surface area (Å²) in [6.45, 7) is 6.24. The average Bonchev–Trinajstić information content (AvgIpc) is 3.29. The molecule has 0 saturated heterocycles. The van der Waals surface area contributed by atoms with Crippen molar-refractivity contribution < 1.29 is 28.6 Å². The van der Waals surface area contributed by atoms with Crippen molar-refractivity contribution in [1.82, 2.24) is 0 Å². The van der Waals surface area contributed by atoms with Crippen LogP contribution in [0.1, 0.15) is 194 Å². The number of allylic oxidation sites excluding steroid dienone is 21. The third-order valence-electron chi connectivity index (χ3n) is 9.93. The van der Waals surface area contributed by atoms with Gasteiger partial charge in [0.1, 0.15) is 13.2 Å². The van der Waals surface area contributed by atoms with Crippen molar-refractivity contribution in [3.05, 3.63) is 134 Å². The van der Waals surface area contributed by atoms with Gasteiger partial charge in [0.25, 0.3) is 0 Å². The highest BCUT2D eigenvalue weighted by Gasteiger charge is 2.19. The molecule has 0 aromatic heterocycles. The monoisotopic (exact) mass is 883 g/mol. The molecular formula is C58H90O6. The number of hydrogen-bond acceptors (Lipinski definition) is 6. The quantitative estimate of drug-likeness (QED) is 0.0263. The summed E-state index contributed by atoms with van der Waals surface area (Å²) in [5.74, 6) is -1.10. The Balaban J connectivity index is 4.46. The molecule has 0 aliphatic rings. The maximum absolute atomic E-state index is 12.7. The van der Waals surface area contributed by atoms with Gasteiger partial charge in [-0.3, -0.25) is 14.4 Å². The summed E-state index contributed by atoms with van der Waals surface area (Å²) in [4.78, 5) is 37.8. The second-order valence-corrected chi connectivity index (χ2v) is 16.0. The van der Waals surface area contributed by atoms with Crippen LogP contribution in [0.15, 0.2) is 134 Å². The van der Waals surface area contributed by atoms with Crippen molar-refractivity contribution in [2.75, 3.05) is 13.2 Å². The molecule has 0 amide bonds. The van der Waals surface area contributed by atoms with Crippen molar-refractivity contribution in [2.24, 2.45) is 0 Å². The Hall–Kier alpha value is -4.45. The van der Waals surface area contributed by atoms with Crippen molar-refractivity contribution in [3.63, 3.8) is 0 Å². The lowest BCUT2D eigenvalue weighted by Crippen LogP contribution is -2.30. The molecule has 0 saturated carbocycles. The largest absolute Gasteiger partial charge is 0.462 e. The molecule has 0 spiro atoms. The van der Waals surface area contributed by atoms with Crippen LogP contribution < -0.4 is 0 Å². The molecule has 0 N–H and O–H groups in total. The minimum atomic E-state index is -0.844. The maximum Gasteiger partial charge on any atom is 0.310 e. The lowest BCUT2D eigenvalue weighted by Gasteiger charge is -2.18. The number of carbonyl (C=O) groups excluding carboxylic acids is 3. The molecule has 358 valence electrons. The number of hydrogen-bond donors (Lipinski definition) is 0. The summed E-state index contributed by atoms with van der Waals surface area (Å²) in [7, 11) is 0. The van der Waals surface area contributed by atoms with E-state index in [-0.39, 0.29) is 31.6 Å². The molecule has 64 heavy (non-hydrogen) atoms. The van der Waals surface area contributed by atoms with E-state index in [9.17, 15) is 14.4 Å². The number of carbonyl (C=O) groups is 3. The summed E-state index contributed by atoms with van der Waals surface area (Å²) in [5, 5.41) is 0. The topological polar surface area (TPSA) is 78.9 Å². The summed E-state index contributed by atoms with van der Waals surface area (Å²) in [6.07, 6.45) is 71.9. The van der Waals surface area contributed by atoms with Gasteiger partial charge in [-0.25, -0.2) is 0 Å². The third-order valence-corrected chi connectivity index (χ3v) is 9.93. The van der Waals surface area contributed by atoms with E-state index in [0.29, 0.717) is 19.3 Å². The molecule has 0 heterocycles. The summed E-state index contributed by atoms with van der Waals surface area (Å²) >= 11 is 0. The number of ether oxygens (including phenoxy) is 3. The third kappa shape index (κ3) is 48.6. The van der Waals surface area contributed by atoms with Crippen molar-refractivity contribution in [1.29, 1.82) is 0 Å². The normalized spacial score (nSPS) is 13.2. The Bertz CT molecular complexity index is 1430. The first-order valence-corrected chi connectivity index (χ1v) is 25.2. The second kappa shape index (κ2) is 51.2. The molecule has 0 radical (unpaired) electrons. The van der Waals surface area contributed by atoms with Crippen LogP contribution in [0, 0.1) is 0 Å². The van der Waals surface area contributed by atoms with E-state index in [1.807, 2.05) is 6.08 Å². The highest BCUT2D eigenvalue weighted by Crippen LogP contribution is 2.12. The van der Waals surface area contributed by atoms with Gasteiger partial charge in [0.05, 0.1) is 6.42 Å². The molecule has 0 bridgehead atoms. The van der Waals surface area contributed by atoms with Crippen LogP contribution in [-0.4, -0.2) is 37.2 Å². The van der Waals surface area contributed by atoms with E-state index in [0.717, 1.165) is 116 Å². The molecule has 0 aliphatic carbocycles. The zero-order chi connectivity index (χ0) is 46.5. The van der Waals surface area contributed by atoms with Gasteiger partial charge in [-0.1, -0.05) is 212 Å². The summed E-state index contributed by atoms with van der Waals surface area (Å²) in [5.41, 5.74) is 0. The van der Waals surface area contributed by atoms with Crippen LogP contribution in [-0.2, 0) is 28.6 Å². The van der Waals surface area contributed by atoms with Gasteiger partial charge in [0.2, 0.25) is 0 Å². The van der Waals surface area contributed by atoms with Crippen molar-refractivity contribution in [2.45, 2.75) is 200 Å². The van der Waals surface area contributed by atoms with E-state index >= 15 is 0 Å². The van der Waals surface area contributed by atoms with E-state index in [1.165, 1.54) is 32.1 Å². The Labute approximate surface area is 392 Å². The lowest BCUT2D eigenvalue weighted by atomic mass is 10.1. The Morgan fingerprint density at radius 1 is 0.344 bits per heavy atom. The summed E-state index contributed by atoms with van der Waals surface area (Å²) in [6, 6.07) is 0. The fourth-order valence-corrected chi connectivity index (χ4v) is 6.22. The van der Waals surface area contributed by atoms with Gasteiger partial charge in [-0.15, -0.1) is 0 Å². The van der Waals surface area contributed by atoms with Crippen LogP contribution >= 0.6 is 0 Å². The minimum Gasteiger partial charge on any atom is -0.462 e. The van der Waals surface area contributed by atoms with Gasteiger partial charge in [0.15, 0.2) is 6.10 Å². The predicted octanol–water partition coefficient (Wildman–Crippen LogP) is 16.7. The number of esters is 3. The summed E-state index contributed by atoms with van der Waals surface area (Å²) < 4.78 is 16.6. The Morgan fingerprint density at radius 2 is 0.656 bits per heavy atom. The molecule has 0 fully saturated rings. The van der Waals surface area contributed by atoms with Crippen molar-refractivity contribution >= 4 is 17.9 Å². The first kappa shape index (κ1) is 59.5. The Morgan fingerprint density at radius 3 is 1.03 bits per heavy atom. The van der Waals surface area contributed by atoms with E-state index < -0.39 is 12.1 Å².